The predicted molar refractivity (Wildman–Crippen MR) is 114 cm³/mol. The van der Waals surface area contributed by atoms with Gasteiger partial charge in [0.15, 0.2) is 0 Å². The van der Waals surface area contributed by atoms with Gasteiger partial charge in [-0.25, -0.2) is 4.39 Å². The maximum atomic E-state index is 14.4. The van der Waals surface area contributed by atoms with Crippen LogP contribution in [0.25, 0.3) is 10.8 Å². The lowest BCUT2D eigenvalue weighted by Gasteiger charge is -2.33. The van der Waals surface area contributed by atoms with Crippen molar-refractivity contribution < 1.29 is 14.0 Å². The molecule has 0 saturated carbocycles. The third-order valence-electron chi connectivity index (χ3n) is 5.43. The summed E-state index contributed by atoms with van der Waals surface area (Å²) in [5.74, 6) is -0.723. The van der Waals surface area contributed by atoms with Gasteiger partial charge in [0.25, 0.3) is 11.8 Å². The number of rotatable bonds is 4. The molecule has 1 atom stereocenters. The van der Waals surface area contributed by atoms with Crippen molar-refractivity contribution in [1.29, 1.82) is 0 Å². The van der Waals surface area contributed by atoms with E-state index < -0.39 is 5.82 Å². The van der Waals surface area contributed by atoms with E-state index in [-0.39, 0.29) is 17.7 Å². The van der Waals surface area contributed by atoms with Gasteiger partial charge in [-0.3, -0.25) is 14.6 Å². The van der Waals surface area contributed by atoms with Crippen LogP contribution in [0.15, 0.2) is 54.9 Å². The van der Waals surface area contributed by atoms with Gasteiger partial charge in [-0.2, -0.15) is 0 Å². The third kappa shape index (κ3) is 4.28. The molecule has 2 amide bonds. The number of benzene rings is 2. The molecule has 7 heteroatoms. The number of carbonyl (C=O) groups excluding carboxylic acids is 2. The van der Waals surface area contributed by atoms with Gasteiger partial charge in [-0.05, 0) is 42.3 Å². The summed E-state index contributed by atoms with van der Waals surface area (Å²) in [5, 5.41) is 4.40. The SMILES string of the molecule is O=C(NCC1CCCN(C(=O)c2cc(F)c3ccccc3c2)C1)c1ccncc1Cl. The molecule has 0 radical (unpaired) electrons. The number of piperidine rings is 1. The zero-order chi connectivity index (χ0) is 21.1. The molecule has 154 valence electrons. The summed E-state index contributed by atoms with van der Waals surface area (Å²) in [6, 6.07) is 11.7. The summed E-state index contributed by atoms with van der Waals surface area (Å²) < 4.78 is 14.4. The van der Waals surface area contributed by atoms with Crippen LogP contribution in [0, 0.1) is 11.7 Å². The van der Waals surface area contributed by atoms with Crippen molar-refractivity contribution in [3.05, 3.63) is 76.8 Å². The second-order valence-corrected chi connectivity index (χ2v) is 7.91. The van der Waals surface area contributed by atoms with Gasteiger partial charge in [-0.1, -0.05) is 35.9 Å². The number of amides is 2. The molecule has 1 saturated heterocycles. The van der Waals surface area contributed by atoms with Crippen molar-refractivity contribution in [3.8, 4) is 0 Å². The largest absolute Gasteiger partial charge is 0.352 e. The number of nitrogens with one attached hydrogen (secondary N) is 1. The highest BCUT2D eigenvalue weighted by Gasteiger charge is 2.25. The van der Waals surface area contributed by atoms with Gasteiger partial charge in [0, 0.05) is 43.0 Å². The third-order valence-corrected chi connectivity index (χ3v) is 5.73. The van der Waals surface area contributed by atoms with Gasteiger partial charge < -0.3 is 10.2 Å². The lowest BCUT2D eigenvalue weighted by atomic mass is 9.96. The van der Waals surface area contributed by atoms with Crippen LogP contribution in [0.3, 0.4) is 0 Å². The zero-order valence-electron chi connectivity index (χ0n) is 16.3. The molecule has 1 unspecified atom stereocenters. The van der Waals surface area contributed by atoms with Crippen LogP contribution in [-0.4, -0.2) is 41.3 Å². The number of hydrogen-bond donors (Lipinski definition) is 1. The van der Waals surface area contributed by atoms with Crippen molar-refractivity contribution in [2.45, 2.75) is 12.8 Å². The molecule has 1 N–H and O–H groups in total. The van der Waals surface area contributed by atoms with Gasteiger partial charge in [0.2, 0.25) is 0 Å². The second-order valence-electron chi connectivity index (χ2n) is 7.50. The topological polar surface area (TPSA) is 62.3 Å². The van der Waals surface area contributed by atoms with E-state index >= 15 is 0 Å². The molecule has 5 nitrogen and oxygen atoms in total. The molecular formula is C23H21ClFN3O2. The molecule has 0 aliphatic carbocycles. The summed E-state index contributed by atoms with van der Waals surface area (Å²) in [7, 11) is 0. The first-order valence-corrected chi connectivity index (χ1v) is 10.3. The Morgan fingerprint density at radius 3 is 2.90 bits per heavy atom. The van der Waals surface area contributed by atoms with Crippen molar-refractivity contribution >= 4 is 34.2 Å². The maximum Gasteiger partial charge on any atom is 0.253 e. The van der Waals surface area contributed by atoms with E-state index in [1.165, 1.54) is 18.5 Å². The Hall–Kier alpha value is -2.99. The van der Waals surface area contributed by atoms with Crippen LogP contribution in [0.4, 0.5) is 4.39 Å². The minimum Gasteiger partial charge on any atom is -0.352 e. The highest BCUT2D eigenvalue weighted by atomic mass is 35.5. The first kappa shape index (κ1) is 20.3. The van der Waals surface area contributed by atoms with Crippen molar-refractivity contribution in [1.82, 2.24) is 15.2 Å². The van der Waals surface area contributed by atoms with E-state index in [2.05, 4.69) is 10.3 Å². The molecule has 1 aromatic heterocycles. The van der Waals surface area contributed by atoms with Gasteiger partial charge >= 0.3 is 0 Å². The molecule has 0 bridgehead atoms. The normalized spacial score (nSPS) is 16.5. The molecule has 4 rings (SSSR count). The zero-order valence-corrected chi connectivity index (χ0v) is 17.0. The van der Waals surface area contributed by atoms with Crippen LogP contribution < -0.4 is 5.32 Å². The Balaban J connectivity index is 1.42. The fourth-order valence-corrected chi connectivity index (χ4v) is 4.08. The monoisotopic (exact) mass is 425 g/mol. The number of nitrogens with zero attached hydrogens (tertiary/aromatic N) is 2. The van der Waals surface area contributed by atoms with Crippen LogP contribution in [0.1, 0.15) is 33.6 Å². The van der Waals surface area contributed by atoms with E-state index in [1.54, 1.807) is 35.2 Å². The standard InChI is InChI=1S/C23H21ClFN3O2/c24-20-13-26-8-7-19(20)22(29)27-12-15-4-3-9-28(14-15)23(30)17-10-16-5-1-2-6-18(16)21(25)11-17/h1-2,5-8,10-11,13,15H,3-4,9,12,14H2,(H,27,29). The van der Waals surface area contributed by atoms with Crippen LogP contribution in [0.2, 0.25) is 5.02 Å². The summed E-state index contributed by atoms with van der Waals surface area (Å²) >= 11 is 6.02. The van der Waals surface area contributed by atoms with E-state index in [9.17, 15) is 14.0 Å². The number of halogens is 2. The number of pyridine rings is 1. The van der Waals surface area contributed by atoms with Gasteiger partial charge in [0.05, 0.1) is 10.6 Å². The van der Waals surface area contributed by atoms with Crippen molar-refractivity contribution in [3.63, 3.8) is 0 Å². The van der Waals surface area contributed by atoms with Crippen molar-refractivity contribution in [2.75, 3.05) is 19.6 Å². The lowest BCUT2D eigenvalue weighted by molar-refractivity contribution is 0.0670. The summed E-state index contributed by atoms with van der Waals surface area (Å²) in [6.07, 6.45) is 4.68. The maximum absolute atomic E-state index is 14.4. The number of aromatic nitrogens is 1. The van der Waals surface area contributed by atoms with Gasteiger partial charge in [0.1, 0.15) is 5.82 Å². The van der Waals surface area contributed by atoms with Crippen LogP contribution in [0.5, 0.6) is 0 Å². The predicted octanol–water partition coefficient (Wildman–Crippen LogP) is 4.31. The fourth-order valence-electron chi connectivity index (χ4n) is 3.88. The highest BCUT2D eigenvalue weighted by Crippen LogP contribution is 2.23. The smallest absolute Gasteiger partial charge is 0.253 e. The molecule has 1 aliphatic heterocycles. The molecule has 3 aromatic rings. The van der Waals surface area contributed by atoms with E-state index in [0.29, 0.717) is 46.6 Å². The number of likely N-dealkylation sites (tertiary alicyclic amines) is 1. The van der Waals surface area contributed by atoms with E-state index in [1.807, 2.05) is 6.07 Å². The quantitative estimate of drug-likeness (QED) is 0.677. The Labute approximate surface area is 178 Å². The lowest BCUT2D eigenvalue weighted by Crippen LogP contribution is -2.43. The van der Waals surface area contributed by atoms with E-state index in [4.69, 9.17) is 11.6 Å². The highest BCUT2D eigenvalue weighted by molar-refractivity contribution is 6.33. The molecule has 1 aliphatic rings. The number of hydrogen-bond acceptors (Lipinski definition) is 3. The first-order chi connectivity index (χ1) is 14.5. The second kappa shape index (κ2) is 8.79. The minimum atomic E-state index is -0.397. The van der Waals surface area contributed by atoms with E-state index in [0.717, 1.165) is 12.8 Å². The Kier molecular flexibility index (Phi) is 5.95. The molecule has 2 aromatic carbocycles. The van der Waals surface area contributed by atoms with Crippen LogP contribution in [-0.2, 0) is 0 Å². The fraction of sp³-hybridized carbons (Fsp3) is 0.261. The van der Waals surface area contributed by atoms with Crippen molar-refractivity contribution in [2.24, 2.45) is 5.92 Å². The molecule has 30 heavy (non-hydrogen) atoms. The Morgan fingerprint density at radius 2 is 2.07 bits per heavy atom. The molecule has 2 heterocycles. The summed E-state index contributed by atoms with van der Waals surface area (Å²) in [6.45, 7) is 1.57. The molecule has 0 spiro atoms. The van der Waals surface area contributed by atoms with Gasteiger partial charge in [-0.15, -0.1) is 0 Å². The average molecular weight is 426 g/mol. The Morgan fingerprint density at radius 1 is 1.23 bits per heavy atom. The number of fused-ring (bicyclic) bond motifs is 1. The molecular weight excluding hydrogens is 405 g/mol. The first-order valence-electron chi connectivity index (χ1n) is 9.88. The van der Waals surface area contributed by atoms with Crippen LogP contribution >= 0.6 is 11.6 Å². The average Bonchev–Trinajstić information content (AvgIpc) is 2.77. The minimum absolute atomic E-state index is 0.123. The summed E-state index contributed by atoms with van der Waals surface area (Å²) in [5.41, 5.74) is 0.724. The molecule has 1 fully saturated rings. The Bertz CT molecular complexity index is 1100. The number of carbonyl (C=O) groups is 2. The summed E-state index contributed by atoms with van der Waals surface area (Å²) in [4.78, 5) is 31.0.